The van der Waals surface area contributed by atoms with E-state index in [2.05, 4.69) is 5.10 Å². The van der Waals surface area contributed by atoms with E-state index in [0.717, 1.165) is 24.8 Å². The molecule has 37 heavy (non-hydrogen) atoms. The summed E-state index contributed by atoms with van der Waals surface area (Å²) < 4.78 is 33.7. The van der Waals surface area contributed by atoms with Crippen LogP contribution in [0.4, 0.5) is 0 Å². The number of esters is 1. The molecule has 2 heterocycles. The maximum atomic E-state index is 12.8. The molecule has 0 N–H and O–H groups in total. The Balaban J connectivity index is 1.33. The van der Waals surface area contributed by atoms with Crippen LogP contribution in [0.25, 0.3) is 6.08 Å². The third-order valence-electron chi connectivity index (χ3n) is 6.15. The van der Waals surface area contributed by atoms with Gasteiger partial charge >= 0.3 is 5.97 Å². The Morgan fingerprint density at radius 2 is 1.70 bits per heavy atom. The first-order valence-electron chi connectivity index (χ1n) is 12.0. The predicted molar refractivity (Wildman–Crippen MR) is 141 cm³/mol. The quantitative estimate of drug-likeness (QED) is 0.224. The van der Waals surface area contributed by atoms with Gasteiger partial charge in [-0.3, -0.25) is 4.79 Å². The molecule has 1 fully saturated rings. The molecule has 0 spiro atoms. The number of halogens is 1. The van der Waals surface area contributed by atoms with E-state index in [4.69, 9.17) is 16.3 Å². The number of piperidine rings is 1. The van der Waals surface area contributed by atoms with Gasteiger partial charge in [0.05, 0.1) is 17.1 Å². The van der Waals surface area contributed by atoms with E-state index < -0.39 is 28.4 Å². The fraction of sp³-hybridized carbons (Fsp3) is 0.296. The summed E-state index contributed by atoms with van der Waals surface area (Å²) in [5.41, 5.74) is 2.54. The highest BCUT2D eigenvalue weighted by Gasteiger charge is 2.26. The average molecular weight is 542 g/mol. The standard InChI is InChI=1S/C27H28ClN3O5S/c1-20-24(27(28)31(29-20)18-21-8-4-2-5-9-21)14-15-26(33)36-19-25(32)22-10-12-23(13-11-22)37(34,35)30-16-6-3-7-17-30/h2,4-5,8-15H,3,6-7,16-19H2,1H3/b15-14+. The summed E-state index contributed by atoms with van der Waals surface area (Å²) in [5.74, 6) is -1.14. The van der Waals surface area contributed by atoms with Gasteiger partial charge < -0.3 is 4.74 Å². The molecule has 194 valence electrons. The number of aryl methyl sites for hydroxylation is 1. The monoisotopic (exact) mass is 541 g/mol. The van der Waals surface area contributed by atoms with Crippen LogP contribution in [-0.2, 0) is 26.1 Å². The lowest BCUT2D eigenvalue weighted by Gasteiger charge is -2.25. The van der Waals surface area contributed by atoms with Crippen molar-refractivity contribution >= 4 is 39.5 Å². The van der Waals surface area contributed by atoms with E-state index in [9.17, 15) is 18.0 Å². The summed E-state index contributed by atoms with van der Waals surface area (Å²) in [5, 5.41) is 4.82. The molecule has 0 atom stereocenters. The van der Waals surface area contributed by atoms with Gasteiger partial charge in [0.25, 0.3) is 0 Å². The maximum Gasteiger partial charge on any atom is 0.331 e. The predicted octanol–water partition coefficient (Wildman–Crippen LogP) is 4.51. The Morgan fingerprint density at radius 1 is 1.03 bits per heavy atom. The molecule has 0 saturated carbocycles. The summed E-state index contributed by atoms with van der Waals surface area (Å²) in [6.45, 7) is 2.82. The molecule has 4 rings (SSSR count). The summed E-state index contributed by atoms with van der Waals surface area (Å²) in [4.78, 5) is 24.8. The van der Waals surface area contributed by atoms with Crippen LogP contribution in [0.1, 0.15) is 46.4 Å². The van der Waals surface area contributed by atoms with Gasteiger partial charge in [0, 0.05) is 30.3 Å². The lowest BCUT2D eigenvalue weighted by atomic mass is 10.1. The van der Waals surface area contributed by atoms with Gasteiger partial charge in [-0.2, -0.15) is 9.40 Å². The van der Waals surface area contributed by atoms with Crippen molar-refractivity contribution in [3.63, 3.8) is 0 Å². The molecule has 1 aliphatic rings. The fourth-order valence-corrected chi connectivity index (χ4v) is 5.92. The Hall–Kier alpha value is -3.27. The number of benzene rings is 2. The van der Waals surface area contributed by atoms with Crippen molar-refractivity contribution < 1.29 is 22.7 Å². The van der Waals surface area contributed by atoms with E-state index in [1.54, 1.807) is 11.6 Å². The van der Waals surface area contributed by atoms with E-state index in [1.165, 1.54) is 40.7 Å². The van der Waals surface area contributed by atoms with Gasteiger partial charge in [0.2, 0.25) is 10.0 Å². The number of sulfonamides is 1. The second-order valence-electron chi connectivity index (χ2n) is 8.79. The molecule has 0 bridgehead atoms. The number of ketones is 1. The van der Waals surface area contributed by atoms with Crippen molar-refractivity contribution in [3.05, 3.63) is 88.2 Å². The Bertz CT molecular complexity index is 1390. The summed E-state index contributed by atoms with van der Waals surface area (Å²) in [6.07, 6.45) is 5.43. The molecular formula is C27H28ClN3O5S. The van der Waals surface area contributed by atoms with Gasteiger partial charge in [-0.15, -0.1) is 0 Å². The second-order valence-corrected chi connectivity index (χ2v) is 11.1. The first kappa shape index (κ1) is 26.8. The molecule has 8 nitrogen and oxygen atoms in total. The molecule has 10 heteroatoms. The van der Waals surface area contributed by atoms with Gasteiger partial charge in [-0.25, -0.2) is 17.9 Å². The first-order chi connectivity index (χ1) is 17.8. The van der Waals surface area contributed by atoms with Crippen molar-refractivity contribution in [2.24, 2.45) is 0 Å². The minimum Gasteiger partial charge on any atom is -0.454 e. The Labute approximate surface area is 221 Å². The van der Waals surface area contributed by atoms with Crippen LogP contribution >= 0.6 is 11.6 Å². The van der Waals surface area contributed by atoms with Crippen LogP contribution in [0.15, 0.2) is 65.6 Å². The van der Waals surface area contributed by atoms with Crippen LogP contribution in [0, 0.1) is 6.92 Å². The Kier molecular flexibility index (Phi) is 8.58. The third kappa shape index (κ3) is 6.54. The van der Waals surface area contributed by atoms with E-state index >= 15 is 0 Å². The molecular weight excluding hydrogens is 514 g/mol. The molecule has 2 aromatic carbocycles. The molecule has 0 radical (unpaired) electrons. The minimum absolute atomic E-state index is 0.144. The number of hydrogen-bond donors (Lipinski definition) is 0. The molecule has 1 aromatic heterocycles. The number of hydrogen-bond acceptors (Lipinski definition) is 6. The van der Waals surface area contributed by atoms with Crippen molar-refractivity contribution in [3.8, 4) is 0 Å². The molecule has 0 amide bonds. The third-order valence-corrected chi connectivity index (χ3v) is 8.46. The van der Waals surface area contributed by atoms with Crippen LogP contribution < -0.4 is 0 Å². The maximum absolute atomic E-state index is 12.8. The van der Waals surface area contributed by atoms with Crippen LogP contribution in [-0.4, -0.2) is 54.0 Å². The zero-order valence-corrected chi connectivity index (χ0v) is 22.0. The average Bonchev–Trinajstić information content (AvgIpc) is 3.18. The summed E-state index contributed by atoms with van der Waals surface area (Å²) in [7, 11) is -3.58. The van der Waals surface area contributed by atoms with Gasteiger partial charge in [-0.05, 0) is 55.7 Å². The molecule has 0 aliphatic carbocycles. The number of nitrogens with zero attached hydrogens (tertiary/aromatic N) is 3. The van der Waals surface area contributed by atoms with Crippen molar-refractivity contribution in [2.75, 3.05) is 19.7 Å². The minimum atomic E-state index is -3.58. The number of Topliss-reactive ketones (excluding diaryl/α,β-unsaturated/α-hetero) is 1. The number of rotatable bonds is 9. The first-order valence-corrected chi connectivity index (χ1v) is 13.8. The van der Waals surface area contributed by atoms with Gasteiger partial charge in [0.1, 0.15) is 5.15 Å². The second kappa shape index (κ2) is 11.9. The summed E-state index contributed by atoms with van der Waals surface area (Å²) in [6, 6.07) is 15.4. The van der Waals surface area contributed by atoms with E-state index in [1.807, 2.05) is 30.3 Å². The Morgan fingerprint density at radius 3 is 2.38 bits per heavy atom. The molecule has 1 aliphatic heterocycles. The molecule has 1 saturated heterocycles. The van der Waals surface area contributed by atoms with Crippen LogP contribution in [0.5, 0.6) is 0 Å². The molecule has 3 aromatic rings. The SMILES string of the molecule is Cc1nn(Cc2ccccc2)c(Cl)c1/C=C/C(=O)OCC(=O)c1ccc(S(=O)(=O)N2CCCCC2)cc1. The number of carbonyl (C=O) groups excluding carboxylic acids is 2. The summed E-state index contributed by atoms with van der Waals surface area (Å²) >= 11 is 6.46. The number of carbonyl (C=O) groups is 2. The van der Waals surface area contributed by atoms with E-state index in [-0.39, 0.29) is 10.5 Å². The van der Waals surface area contributed by atoms with Crippen molar-refractivity contribution in [1.29, 1.82) is 0 Å². The number of aromatic nitrogens is 2. The van der Waals surface area contributed by atoms with Gasteiger partial charge in [0.15, 0.2) is 12.4 Å². The van der Waals surface area contributed by atoms with Crippen LogP contribution in [0.3, 0.4) is 0 Å². The highest BCUT2D eigenvalue weighted by Crippen LogP contribution is 2.23. The van der Waals surface area contributed by atoms with Crippen molar-refractivity contribution in [1.82, 2.24) is 14.1 Å². The van der Waals surface area contributed by atoms with E-state index in [0.29, 0.717) is 36.0 Å². The zero-order chi connectivity index (χ0) is 26.4. The zero-order valence-electron chi connectivity index (χ0n) is 20.5. The normalized spacial score (nSPS) is 14.6. The molecule has 0 unspecified atom stereocenters. The lowest BCUT2D eigenvalue weighted by molar-refractivity contribution is -0.136. The fourth-order valence-electron chi connectivity index (χ4n) is 4.10. The lowest BCUT2D eigenvalue weighted by Crippen LogP contribution is -2.35. The van der Waals surface area contributed by atoms with Crippen LogP contribution in [0.2, 0.25) is 5.15 Å². The highest BCUT2D eigenvalue weighted by molar-refractivity contribution is 7.89. The highest BCUT2D eigenvalue weighted by atomic mass is 35.5. The topological polar surface area (TPSA) is 98.6 Å². The largest absolute Gasteiger partial charge is 0.454 e. The number of ether oxygens (including phenoxy) is 1. The van der Waals surface area contributed by atoms with Crippen molar-refractivity contribution in [2.45, 2.75) is 37.6 Å². The smallest absolute Gasteiger partial charge is 0.331 e. The van der Waals surface area contributed by atoms with Gasteiger partial charge in [-0.1, -0.05) is 48.4 Å².